The second-order valence-electron chi connectivity index (χ2n) is 6.01. The number of rotatable bonds is 10. The minimum atomic E-state index is -0.839. The molecule has 0 unspecified atom stereocenters. The molecular formula is C20H25NO3. The first-order valence-corrected chi connectivity index (χ1v) is 8.36. The van der Waals surface area contributed by atoms with Gasteiger partial charge in [-0.3, -0.25) is 4.79 Å². The lowest BCUT2D eigenvalue weighted by Crippen LogP contribution is -2.23. The standard InChI is InChI=1S/C20H25NO3/c21-18(15-20(22)23)8-4-5-13-24-19-11-9-17(10-12-19)14-16-6-2-1-3-7-16/h1-3,6-7,9-12,18H,4-5,8,13-15,21H2,(H,22,23)/t18-/m0/s1. The number of hydrogen-bond donors (Lipinski definition) is 2. The summed E-state index contributed by atoms with van der Waals surface area (Å²) in [4.78, 5) is 10.5. The maximum absolute atomic E-state index is 10.5. The second-order valence-corrected chi connectivity index (χ2v) is 6.01. The molecule has 0 heterocycles. The Labute approximate surface area is 143 Å². The summed E-state index contributed by atoms with van der Waals surface area (Å²) >= 11 is 0. The Hall–Kier alpha value is -2.33. The van der Waals surface area contributed by atoms with E-state index in [9.17, 15) is 4.79 Å². The van der Waals surface area contributed by atoms with Crippen LogP contribution in [-0.4, -0.2) is 23.7 Å². The van der Waals surface area contributed by atoms with E-state index in [0.717, 1.165) is 25.0 Å². The van der Waals surface area contributed by atoms with Crippen LogP contribution in [0.25, 0.3) is 0 Å². The molecule has 4 nitrogen and oxygen atoms in total. The van der Waals surface area contributed by atoms with Crippen molar-refractivity contribution in [1.82, 2.24) is 0 Å². The lowest BCUT2D eigenvalue weighted by Gasteiger charge is -2.10. The Morgan fingerprint density at radius 2 is 1.67 bits per heavy atom. The molecule has 1 atom stereocenters. The van der Waals surface area contributed by atoms with Crippen molar-refractivity contribution in [2.75, 3.05) is 6.61 Å². The summed E-state index contributed by atoms with van der Waals surface area (Å²) in [6.45, 7) is 0.623. The van der Waals surface area contributed by atoms with Crippen LogP contribution in [0.15, 0.2) is 54.6 Å². The first-order chi connectivity index (χ1) is 11.6. The van der Waals surface area contributed by atoms with Gasteiger partial charge in [-0.05, 0) is 48.9 Å². The maximum Gasteiger partial charge on any atom is 0.304 e. The SMILES string of the molecule is N[C@@H](CCCCOc1ccc(Cc2ccccc2)cc1)CC(=O)O. The van der Waals surface area contributed by atoms with Crippen molar-refractivity contribution in [3.63, 3.8) is 0 Å². The molecule has 2 aromatic carbocycles. The van der Waals surface area contributed by atoms with Crippen LogP contribution in [-0.2, 0) is 11.2 Å². The summed E-state index contributed by atoms with van der Waals surface area (Å²) in [7, 11) is 0. The van der Waals surface area contributed by atoms with Crippen molar-refractivity contribution in [3.8, 4) is 5.75 Å². The lowest BCUT2D eigenvalue weighted by atomic mass is 10.1. The molecule has 0 saturated heterocycles. The zero-order valence-electron chi connectivity index (χ0n) is 13.9. The number of hydrogen-bond acceptors (Lipinski definition) is 3. The zero-order chi connectivity index (χ0) is 17.2. The normalized spacial score (nSPS) is 11.9. The molecule has 0 amide bonds. The topological polar surface area (TPSA) is 72.5 Å². The number of unbranched alkanes of at least 4 members (excludes halogenated alkanes) is 1. The van der Waals surface area contributed by atoms with E-state index in [1.54, 1.807) is 0 Å². The number of carbonyl (C=O) groups is 1. The molecule has 0 fully saturated rings. The summed E-state index contributed by atoms with van der Waals surface area (Å²) in [5.41, 5.74) is 8.28. The van der Waals surface area contributed by atoms with E-state index in [0.29, 0.717) is 13.0 Å². The van der Waals surface area contributed by atoms with Gasteiger partial charge in [0, 0.05) is 6.04 Å². The van der Waals surface area contributed by atoms with Gasteiger partial charge in [-0.15, -0.1) is 0 Å². The van der Waals surface area contributed by atoms with E-state index < -0.39 is 5.97 Å². The fraction of sp³-hybridized carbons (Fsp3) is 0.350. The van der Waals surface area contributed by atoms with Crippen LogP contribution >= 0.6 is 0 Å². The highest BCUT2D eigenvalue weighted by Gasteiger charge is 2.07. The van der Waals surface area contributed by atoms with Gasteiger partial charge in [-0.2, -0.15) is 0 Å². The van der Waals surface area contributed by atoms with Crippen LogP contribution in [0.1, 0.15) is 36.8 Å². The highest BCUT2D eigenvalue weighted by molar-refractivity contribution is 5.67. The van der Waals surface area contributed by atoms with Crippen molar-refractivity contribution >= 4 is 5.97 Å². The molecule has 0 radical (unpaired) electrons. The number of carboxylic acids is 1. The molecule has 0 bridgehead atoms. The van der Waals surface area contributed by atoms with Gasteiger partial charge in [0.1, 0.15) is 5.75 Å². The number of benzene rings is 2. The molecule has 2 rings (SSSR count). The smallest absolute Gasteiger partial charge is 0.304 e. The van der Waals surface area contributed by atoms with E-state index in [1.165, 1.54) is 11.1 Å². The van der Waals surface area contributed by atoms with E-state index in [-0.39, 0.29) is 12.5 Å². The third-order valence-electron chi connectivity index (χ3n) is 3.85. The Morgan fingerprint density at radius 3 is 2.33 bits per heavy atom. The van der Waals surface area contributed by atoms with Crippen molar-refractivity contribution in [2.45, 2.75) is 38.1 Å². The van der Waals surface area contributed by atoms with Gasteiger partial charge in [0.25, 0.3) is 0 Å². The van der Waals surface area contributed by atoms with E-state index in [4.69, 9.17) is 15.6 Å². The van der Waals surface area contributed by atoms with Crippen LogP contribution in [0.3, 0.4) is 0 Å². The van der Waals surface area contributed by atoms with Gasteiger partial charge >= 0.3 is 5.97 Å². The molecule has 0 saturated carbocycles. The van der Waals surface area contributed by atoms with Crippen molar-refractivity contribution in [1.29, 1.82) is 0 Å². The third-order valence-corrected chi connectivity index (χ3v) is 3.85. The van der Waals surface area contributed by atoms with Crippen LogP contribution in [0.5, 0.6) is 5.75 Å². The Bertz CT molecular complexity index is 611. The minimum absolute atomic E-state index is 0.0315. The summed E-state index contributed by atoms with van der Waals surface area (Å²) in [6, 6.07) is 18.3. The second kappa shape index (κ2) is 9.73. The monoisotopic (exact) mass is 327 g/mol. The average Bonchev–Trinajstić information content (AvgIpc) is 2.56. The quantitative estimate of drug-likeness (QED) is 0.654. The third kappa shape index (κ3) is 6.84. The molecule has 0 aliphatic heterocycles. The van der Waals surface area contributed by atoms with Crippen molar-refractivity contribution in [3.05, 3.63) is 65.7 Å². The number of ether oxygens (including phenoxy) is 1. The Kier molecular flexibility index (Phi) is 7.30. The molecule has 2 aromatic rings. The summed E-state index contributed by atoms with van der Waals surface area (Å²) in [5, 5.41) is 8.65. The number of carboxylic acid groups (broad SMARTS) is 1. The van der Waals surface area contributed by atoms with E-state index in [2.05, 4.69) is 36.4 Å². The molecule has 0 aliphatic rings. The van der Waals surface area contributed by atoms with Crippen molar-refractivity contribution in [2.24, 2.45) is 5.73 Å². The highest BCUT2D eigenvalue weighted by atomic mass is 16.5. The van der Waals surface area contributed by atoms with Crippen molar-refractivity contribution < 1.29 is 14.6 Å². The van der Waals surface area contributed by atoms with Crippen LogP contribution < -0.4 is 10.5 Å². The predicted molar refractivity (Wildman–Crippen MR) is 95.3 cm³/mol. The van der Waals surface area contributed by atoms with Gasteiger partial charge < -0.3 is 15.6 Å². The Morgan fingerprint density at radius 1 is 1.00 bits per heavy atom. The maximum atomic E-state index is 10.5. The van der Waals surface area contributed by atoms with Gasteiger partial charge in [-0.25, -0.2) is 0 Å². The summed E-state index contributed by atoms with van der Waals surface area (Å²) in [6.07, 6.45) is 3.41. The van der Waals surface area contributed by atoms with Gasteiger partial charge in [0.15, 0.2) is 0 Å². The summed E-state index contributed by atoms with van der Waals surface area (Å²) < 4.78 is 5.72. The van der Waals surface area contributed by atoms with E-state index >= 15 is 0 Å². The minimum Gasteiger partial charge on any atom is -0.494 e. The van der Waals surface area contributed by atoms with Gasteiger partial charge in [0.2, 0.25) is 0 Å². The fourth-order valence-electron chi connectivity index (χ4n) is 2.56. The van der Waals surface area contributed by atoms with Crippen LogP contribution in [0, 0.1) is 0 Å². The molecule has 0 aliphatic carbocycles. The van der Waals surface area contributed by atoms with Crippen LogP contribution in [0.4, 0.5) is 0 Å². The van der Waals surface area contributed by atoms with Gasteiger partial charge in [-0.1, -0.05) is 42.5 Å². The molecule has 128 valence electrons. The number of aliphatic carboxylic acids is 1. The first-order valence-electron chi connectivity index (χ1n) is 8.36. The predicted octanol–water partition coefficient (Wildman–Crippen LogP) is 3.63. The molecule has 4 heteroatoms. The first kappa shape index (κ1) is 18.0. The Balaban J connectivity index is 1.66. The van der Waals surface area contributed by atoms with E-state index in [1.807, 2.05) is 18.2 Å². The fourth-order valence-corrected chi connectivity index (χ4v) is 2.56. The number of nitrogens with two attached hydrogens (primary N) is 1. The summed E-state index contributed by atoms with van der Waals surface area (Å²) in [5.74, 6) is 0.0241. The largest absolute Gasteiger partial charge is 0.494 e. The lowest BCUT2D eigenvalue weighted by molar-refractivity contribution is -0.137. The molecular weight excluding hydrogens is 302 g/mol. The highest BCUT2D eigenvalue weighted by Crippen LogP contribution is 2.16. The van der Waals surface area contributed by atoms with Crippen LogP contribution in [0.2, 0.25) is 0 Å². The van der Waals surface area contributed by atoms with Gasteiger partial charge in [0.05, 0.1) is 13.0 Å². The molecule has 24 heavy (non-hydrogen) atoms. The zero-order valence-corrected chi connectivity index (χ0v) is 13.9. The average molecular weight is 327 g/mol. The molecule has 0 spiro atoms. The molecule has 3 N–H and O–H groups in total. The molecule has 0 aromatic heterocycles.